The zero-order valence-electron chi connectivity index (χ0n) is 10.4. The van der Waals surface area contributed by atoms with Gasteiger partial charge in [-0.05, 0) is 25.1 Å². The van der Waals surface area contributed by atoms with E-state index in [0.717, 1.165) is 35.8 Å². The molecule has 4 nitrogen and oxygen atoms in total. The average Bonchev–Trinajstić information content (AvgIpc) is 3.13. The van der Waals surface area contributed by atoms with E-state index in [4.69, 9.17) is 0 Å². The van der Waals surface area contributed by atoms with Crippen LogP contribution >= 0.6 is 11.3 Å². The number of hydrogen-bond acceptors (Lipinski definition) is 4. The van der Waals surface area contributed by atoms with Crippen LogP contribution in [0.2, 0.25) is 0 Å². The van der Waals surface area contributed by atoms with E-state index in [1.165, 1.54) is 0 Å². The van der Waals surface area contributed by atoms with Gasteiger partial charge >= 0.3 is 0 Å². The minimum absolute atomic E-state index is 0.0866. The van der Waals surface area contributed by atoms with Gasteiger partial charge in [0.2, 0.25) is 5.91 Å². The Kier molecular flexibility index (Phi) is 3.57. The Labute approximate surface area is 115 Å². The Morgan fingerprint density at radius 1 is 1.47 bits per heavy atom. The first-order valence-electron chi connectivity index (χ1n) is 6.34. The maximum Gasteiger partial charge on any atom is 0.228 e. The van der Waals surface area contributed by atoms with Gasteiger partial charge in [-0.25, -0.2) is 4.98 Å². The number of anilines is 1. The van der Waals surface area contributed by atoms with Gasteiger partial charge in [-0.2, -0.15) is 0 Å². The summed E-state index contributed by atoms with van der Waals surface area (Å²) in [7, 11) is 0. The van der Waals surface area contributed by atoms with Crippen LogP contribution in [0.3, 0.4) is 0 Å². The normalized spacial score (nSPS) is 18.4. The first kappa shape index (κ1) is 12.3. The number of amides is 1. The largest absolute Gasteiger partial charge is 0.326 e. The number of nitrogens with zero attached hydrogens (tertiary/aromatic N) is 1. The second kappa shape index (κ2) is 5.50. The number of thiazole rings is 1. The molecule has 1 unspecified atom stereocenters. The van der Waals surface area contributed by atoms with Gasteiger partial charge < -0.3 is 10.6 Å². The molecule has 0 spiro atoms. The molecule has 1 fully saturated rings. The molecule has 5 heteroatoms. The number of aromatic nitrogens is 1. The standard InChI is InChI=1S/C14H15N3OS/c18-13(11-4-5-15-9-11)17-12-3-1-2-10(8-12)14-16-6-7-19-14/h1-3,6-8,11,15H,4-5,9H2,(H,17,18). The molecule has 1 aromatic carbocycles. The quantitative estimate of drug-likeness (QED) is 0.902. The highest BCUT2D eigenvalue weighted by molar-refractivity contribution is 7.13. The molecule has 2 aromatic rings. The molecule has 2 N–H and O–H groups in total. The molecule has 2 heterocycles. The van der Waals surface area contributed by atoms with Crippen LogP contribution in [0.15, 0.2) is 35.8 Å². The van der Waals surface area contributed by atoms with Crippen LogP contribution in [0.4, 0.5) is 5.69 Å². The topological polar surface area (TPSA) is 54.0 Å². The Morgan fingerprint density at radius 2 is 2.42 bits per heavy atom. The minimum atomic E-state index is 0.0866. The lowest BCUT2D eigenvalue weighted by molar-refractivity contribution is -0.119. The Bertz CT molecular complexity index is 562. The van der Waals surface area contributed by atoms with E-state index in [9.17, 15) is 4.79 Å². The molecule has 3 rings (SSSR count). The molecule has 1 aliphatic rings. The predicted molar refractivity (Wildman–Crippen MR) is 77.2 cm³/mol. The maximum absolute atomic E-state index is 12.0. The number of benzene rings is 1. The van der Waals surface area contributed by atoms with E-state index in [1.54, 1.807) is 17.5 Å². The Morgan fingerprint density at radius 3 is 3.16 bits per heavy atom. The zero-order valence-corrected chi connectivity index (χ0v) is 11.2. The van der Waals surface area contributed by atoms with Gasteiger partial charge in [0.25, 0.3) is 0 Å². The molecular formula is C14H15N3OS. The molecule has 1 saturated heterocycles. The fourth-order valence-electron chi connectivity index (χ4n) is 2.22. The summed E-state index contributed by atoms with van der Waals surface area (Å²) in [6.45, 7) is 1.70. The molecule has 1 aliphatic heterocycles. The molecule has 98 valence electrons. The third-order valence-electron chi connectivity index (χ3n) is 3.24. The van der Waals surface area contributed by atoms with Crippen molar-refractivity contribution < 1.29 is 4.79 Å². The summed E-state index contributed by atoms with van der Waals surface area (Å²) in [6.07, 6.45) is 2.70. The third kappa shape index (κ3) is 2.83. The van der Waals surface area contributed by atoms with Crippen LogP contribution in [0.25, 0.3) is 10.6 Å². The van der Waals surface area contributed by atoms with Crippen molar-refractivity contribution in [3.05, 3.63) is 35.8 Å². The van der Waals surface area contributed by atoms with E-state index in [-0.39, 0.29) is 11.8 Å². The summed E-state index contributed by atoms with van der Waals surface area (Å²) in [6, 6.07) is 7.83. The van der Waals surface area contributed by atoms with Gasteiger partial charge in [0, 0.05) is 29.4 Å². The van der Waals surface area contributed by atoms with E-state index < -0.39 is 0 Å². The summed E-state index contributed by atoms with van der Waals surface area (Å²) < 4.78 is 0. The van der Waals surface area contributed by atoms with Crippen molar-refractivity contribution in [3.63, 3.8) is 0 Å². The highest BCUT2D eigenvalue weighted by atomic mass is 32.1. The highest BCUT2D eigenvalue weighted by Crippen LogP contribution is 2.24. The van der Waals surface area contributed by atoms with Gasteiger partial charge in [-0.1, -0.05) is 12.1 Å². The summed E-state index contributed by atoms with van der Waals surface area (Å²) in [5, 5.41) is 9.11. The van der Waals surface area contributed by atoms with Gasteiger partial charge in [0.1, 0.15) is 5.01 Å². The molecule has 0 saturated carbocycles. The Hall–Kier alpha value is -1.72. The lowest BCUT2D eigenvalue weighted by Crippen LogP contribution is -2.24. The van der Waals surface area contributed by atoms with Gasteiger partial charge in [0.05, 0.1) is 5.92 Å². The Balaban J connectivity index is 1.74. The number of nitrogens with one attached hydrogen (secondary N) is 2. The van der Waals surface area contributed by atoms with Crippen molar-refractivity contribution in [2.24, 2.45) is 5.92 Å². The second-order valence-electron chi connectivity index (χ2n) is 4.60. The van der Waals surface area contributed by atoms with Crippen molar-refractivity contribution in [3.8, 4) is 10.6 Å². The fraction of sp³-hybridized carbons (Fsp3) is 0.286. The first-order valence-corrected chi connectivity index (χ1v) is 7.22. The summed E-state index contributed by atoms with van der Waals surface area (Å²) in [4.78, 5) is 16.3. The maximum atomic E-state index is 12.0. The molecule has 0 radical (unpaired) electrons. The van der Waals surface area contributed by atoms with Crippen LogP contribution in [-0.2, 0) is 4.79 Å². The van der Waals surface area contributed by atoms with Crippen LogP contribution in [0, 0.1) is 5.92 Å². The molecular weight excluding hydrogens is 258 g/mol. The number of hydrogen-bond donors (Lipinski definition) is 2. The van der Waals surface area contributed by atoms with Crippen molar-refractivity contribution in [1.82, 2.24) is 10.3 Å². The van der Waals surface area contributed by atoms with Crippen LogP contribution in [-0.4, -0.2) is 24.0 Å². The van der Waals surface area contributed by atoms with Crippen molar-refractivity contribution in [2.75, 3.05) is 18.4 Å². The monoisotopic (exact) mass is 273 g/mol. The molecule has 19 heavy (non-hydrogen) atoms. The smallest absolute Gasteiger partial charge is 0.228 e. The lowest BCUT2D eigenvalue weighted by atomic mass is 10.1. The molecule has 0 aliphatic carbocycles. The number of carbonyl (C=O) groups is 1. The fourth-order valence-corrected chi connectivity index (χ4v) is 2.85. The lowest BCUT2D eigenvalue weighted by Gasteiger charge is -2.10. The van der Waals surface area contributed by atoms with Gasteiger partial charge in [-0.3, -0.25) is 4.79 Å². The summed E-state index contributed by atoms with van der Waals surface area (Å²) >= 11 is 1.60. The second-order valence-corrected chi connectivity index (χ2v) is 5.49. The summed E-state index contributed by atoms with van der Waals surface area (Å²) in [5.74, 6) is 0.185. The predicted octanol–water partition coefficient (Wildman–Crippen LogP) is 2.36. The van der Waals surface area contributed by atoms with Crippen LogP contribution in [0.5, 0.6) is 0 Å². The van der Waals surface area contributed by atoms with E-state index in [2.05, 4.69) is 15.6 Å². The third-order valence-corrected chi connectivity index (χ3v) is 4.06. The number of carbonyl (C=O) groups excluding carboxylic acids is 1. The van der Waals surface area contributed by atoms with Gasteiger partial charge in [0.15, 0.2) is 0 Å². The molecule has 0 bridgehead atoms. The van der Waals surface area contributed by atoms with Crippen LogP contribution < -0.4 is 10.6 Å². The summed E-state index contributed by atoms with van der Waals surface area (Å²) in [5.41, 5.74) is 1.88. The van der Waals surface area contributed by atoms with Crippen molar-refractivity contribution in [2.45, 2.75) is 6.42 Å². The van der Waals surface area contributed by atoms with Crippen LogP contribution in [0.1, 0.15) is 6.42 Å². The SMILES string of the molecule is O=C(Nc1cccc(-c2nccs2)c1)C1CCNC1. The zero-order chi connectivity index (χ0) is 13.1. The van der Waals surface area contributed by atoms with Gasteiger partial charge in [-0.15, -0.1) is 11.3 Å². The van der Waals surface area contributed by atoms with E-state index in [0.29, 0.717) is 0 Å². The van der Waals surface area contributed by atoms with E-state index in [1.807, 2.05) is 29.6 Å². The molecule has 1 aromatic heterocycles. The molecule has 1 amide bonds. The first-order chi connectivity index (χ1) is 9.33. The minimum Gasteiger partial charge on any atom is -0.326 e. The highest BCUT2D eigenvalue weighted by Gasteiger charge is 2.22. The average molecular weight is 273 g/mol. The van der Waals surface area contributed by atoms with Crippen molar-refractivity contribution in [1.29, 1.82) is 0 Å². The van der Waals surface area contributed by atoms with E-state index >= 15 is 0 Å². The molecule has 1 atom stereocenters. The number of rotatable bonds is 3. The van der Waals surface area contributed by atoms with Crippen molar-refractivity contribution >= 4 is 22.9 Å².